The highest BCUT2D eigenvalue weighted by molar-refractivity contribution is 7.92. The fourth-order valence-corrected chi connectivity index (χ4v) is 5.74. The minimum Gasteiger partial charge on any atom is -0.354 e. The summed E-state index contributed by atoms with van der Waals surface area (Å²) in [5.41, 5.74) is 0.963. The van der Waals surface area contributed by atoms with Gasteiger partial charge in [-0.25, -0.2) is 8.42 Å². The van der Waals surface area contributed by atoms with Crippen LogP contribution in [0.3, 0.4) is 0 Å². The minimum absolute atomic E-state index is 0.0112. The van der Waals surface area contributed by atoms with Crippen LogP contribution in [0, 0.1) is 5.92 Å². The van der Waals surface area contributed by atoms with Gasteiger partial charge in [0.25, 0.3) is 10.0 Å². The van der Waals surface area contributed by atoms with Crippen LogP contribution in [0.4, 0.5) is 5.69 Å². The summed E-state index contributed by atoms with van der Waals surface area (Å²) in [5, 5.41) is 3.74. The number of hydrogen-bond donors (Lipinski definition) is 1. The number of amides is 2. The molecule has 7 nitrogen and oxygen atoms in total. The maximum absolute atomic E-state index is 14.0. The van der Waals surface area contributed by atoms with Gasteiger partial charge in [0, 0.05) is 23.1 Å². The topological polar surface area (TPSA) is 86.8 Å². The molecule has 0 radical (unpaired) electrons. The molecule has 39 heavy (non-hydrogen) atoms. The number of carbonyl (C=O) groups is 2. The lowest BCUT2D eigenvalue weighted by Crippen LogP contribution is -2.52. The zero-order valence-electron chi connectivity index (χ0n) is 22.2. The van der Waals surface area contributed by atoms with Gasteiger partial charge in [-0.2, -0.15) is 0 Å². The normalized spacial score (nSPS) is 12.2. The van der Waals surface area contributed by atoms with Gasteiger partial charge in [-0.15, -0.1) is 0 Å². The molecule has 0 aliphatic heterocycles. The van der Waals surface area contributed by atoms with Crippen molar-refractivity contribution < 1.29 is 18.0 Å². The molecule has 0 heterocycles. The van der Waals surface area contributed by atoms with Gasteiger partial charge in [-0.1, -0.05) is 80.4 Å². The van der Waals surface area contributed by atoms with E-state index in [1.54, 1.807) is 54.6 Å². The molecule has 0 saturated carbocycles. The maximum atomic E-state index is 14.0. The van der Waals surface area contributed by atoms with Crippen LogP contribution < -0.4 is 9.62 Å². The smallest absolute Gasteiger partial charge is 0.264 e. The lowest BCUT2D eigenvalue weighted by Gasteiger charge is -2.33. The van der Waals surface area contributed by atoms with E-state index in [2.05, 4.69) is 5.32 Å². The number of para-hydroxylation sites is 1. The van der Waals surface area contributed by atoms with Gasteiger partial charge in [0.1, 0.15) is 12.6 Å². The Morgan fingerprint density at radius 1 is 0.897 bits per heavy atom. The zero-order valence-corrected chi connectivity index (χ0v) is 24.5. The number of anilines is 1. The summed E-state index contributed by atoms with van der Waals surface area (Å²) in [4.78, 5) is 28.6. The lowest BCUT2D eigenvalue weighted by molar-refractivity contribution is -0.140. The second-order valence-electron chi connectivity index (χ2n) is 9.48. The summed E-state index contributed by atoms with van der Waals surface area (Å²) >= 11 is 12.4. The van der Waals surface area contributed by atoms with Crippen molar-refractivity contribution in [2.75, 3.05) is 17.4 Å². The summed E-state index contributed by atoms with van der Waals surface area (Å²) in [6.07, 6.45) is 0.329. The van der Waals surface area contributed by atoms with Gasteiger partial charge >= 0.3 is 0 Å². The first-order valence-corrected chi connectivity index (χ1v) is 14.9. The van der Waals surface area contributed by atoms with Crippen molar-refractivity contribution in [1.82, 2.24) is 10.2 Å². The number of carbonyl (C=O) groups excluding carboxylic acids is 2. The number of halogens is 2. The van der Waals surface area contributed by atoms with E-state index < -0.39 is 28.5 Å². The van der Waals surface area contributed by atoms with Crippen molar-refractivity contribution in [1.29, 1.82) is 0 Å². The van der Waals surface area contributed by atoms with E-state index in [-0.39, 0.29) is 23.3 Å². The van der Waals surface area contributed by atoms with E-state index in [4.69, 9.17) is 23.2 Å². The lowest BCUT2D eigenvalue weighted by atomic mass is 10.1. The Kier molecular flexibility index (Phi) is 10.8. The Labute approximate surface area is 240 Å². The molecule has 0 spiro atoms. The molecule has 208 valence electrons. The number of hydrogen-bond acceptors (Lipinski definition) is 4. The number of nitrogens with zero attached hydrogens (tertiary/aromatic N) is 2. The number of benzene rings is 3. The van der Waals surface area contributed by atoms with Crippen molar-refractivity contribution in [3.8, 4) is 0 Å². The summed E-state index contributed by atoms with van der Waals surface area (Å²) in [5.74, 6) is -0.626. The minimum atomic E-state index is -4.15. The third-order valence-corrected chi connectivity index (χ3v) is 8.50. The predicted octanol–water partition coefficient (Wildman–Crippen LogP) is 5.77. The third-order valence-electron chi connectivity index (χ3n) is 6.09. The Morgan fingerprint density at radius 3 is 2.10 bits per heavy atom. The van der Waals surface area contributed by atoms with Crippen molar-refractivity contribution in [3.05, 3.63) is 94.5 Å². The van der Waals surface area contributed by atoms with E-state index in [1.165, 1.54) is 29.2 Å². The summed E-state index contributed by atoms with van der Waals surface area (Å²) in [6, 6.07) is 20.4. The molecular formula is C29H33Cl2N3O4S. The van der Waals surface area contributed by atoms with E-state index in [0.717, 1.165) is 4.31 Å². The fourth-order valence-electron chi connectivity index (χ4n) is 4.01. The van der Waals surface area contributed by atoms with Crippen LogP contribution in [0.2, 0.25) is 10.0 Å². The SMILES string of the molecule is CC[C@@H](C(=O)NCC(C)C)N(Cc1ccccc1Cl)C(=O)CN(c1ccccc1)S(=O)(=O)c1ccc(Cl)cc1. The molecule has 0 aliphatic rings. The molecule has 2 amide bonds. The monoisotopic (exact) mass is 589 g/mol. The largest absolute Gasteiger partial charge is 0.354 e. The second kappa shape index (κ2) is 13.8. The Balaban J connectivity index is 2.03. The van der Waals surface area contributed by atoms with Gasteiger partial charge in [0.05, 0.1) is 10.6 Å². The molecule has 0 fully saturated rings. The average molecular weight is 591 g/mol. The van der Waals surface area contributed by atoms with Crippen LogP contribution in [0.5, 0.6) is 0 Å². The first-order chi connectivity index (χ1) is 18.5. The van der Waals surface area contributed by atoms with Crippen molar-refractivity contribution >= 4 is 50.7 Å². The van der Waals surface area contributed by atoms with Gasteiger partial charge in [-0.05, 0) is 60.4 Å². The first kappa shape index (κ1) is 30.5. The van der Waals surface area contributed by atoms with Crippen LogP contribution >= 0.6 is 23.2 Å². The second-order valence-corrected chi connectivity index (χ2v) is 12.2. The number of sulfonamides is 1. The molecule has 3 aromatic carbocycles. The van der Waals surface area contributed by atoms with Gasteiger partial charge in [-0.3, -0.25) is 13.9 Å². The Bertz CT molecular complexity index is 1370. The molecule has 0 saturated heterocycles. The first-order valence-electron chi connectivity index (χ1n) is 12.7. The predicted molar refractivity (Wildman–Crippen MR) is 156 cm³/mol. The Hall–Kier alpha value is -3.07. The number of nitrogens with one attached hydrogen (secondary N) is 1. The zero-order chi connectivity index (χ0) is 28.6. The third kappa shape index (κ3) is 7.97. The highest BCUT2D eigenvalue weighted by atomic mass is 35.5. The van der Waals surface area contributed by atoms with E-state index in [0.29, 0.717) is 34.3 Å². The molecule has 10 heteroatoms. The molecule has 1 atom stereocenters. The molecule has 0 unspecified atom stereocenters. The molecule has 0 bridgehead atoms. The molecule has 0 aliphatic carbocycles. The summed E-state index contributed by atoms with van der Waals surface area (Å²) in [7, 11) is -4.15. The van der Waals surface area contributed by atoms with Gasteiger partial charge < -0.3 is 10.2 Å². The molecule has 1 N–H and O–H groups in total. The van der Waals surface area contributed by atoms with E-state index in [1.807, 2.05) is 20.8 Å². The summed E-state index contributed by atoms with van der Waals surface area (Å²) < 4.78 is 28.6. The van der Waals surface area contributed by atoms with Crippen LogP contribution in [0.25, 0.3) is 0 Å². The number of rotatable bonds is 12. The molecular weight excluding hydrogens is 557 g/mol. The van der Waals surface area contributed by atoms with Crippen molar-refractivity contribution in [2.24, 2.45) is 5.92 Å². The van der Waals surface area contributed by atoms with Crippen LogP contribution in [0.1, 0.15) is 32.8 Å². The van der Waals surface area contributed by atoms with Gasteiger partial charge in [0.2, 0.25) is 11.8 Å². The summed E-state index contributed by atoms with van der Waals surface area (Å²) in [6.45, 7) is 5.74. The van der Waals surface area contributed by atoms with Crippen LogP contribution in [-0.4, -0.2) is 44.3 Å². The van der Waals surface area contributed by atoms with Crippen LogP contribution in [0.15, 0.2) is 83.8 Å². The van der Waals surface area contributed by atoms with E-state index in [9.17, 15) is 18.0 Å². The van der Waals surface area contributed by atoms with Crippen molar-refractivity contribution in [2.45, 2.75) is 44.7 Å². The average Bonchev–Trinajstić information content (AvgIpc) is 2.92. The molecule has 3 aromatic rings. The van der Waals surface area contributed by atoms with Crippen molar-refractivity contribution in [3.63, 3.8) is 0 Å². The maximum Gasteiger partial charge on any atom is 0.264 e. The molecule has 3 rings (SSSR count). The fraction of sp³-hybridized carbons (Fsp3) is 0.310. The molecule has 0 aromatic heterocycles. The highest BCUT2D eigenvalue weighted by Crippen LogP contribution is 2.26. The Morgan fingerprint density at radius 2 is 1.51 bits per heavy atom. The quantitative estimate of drug-likeness (QED) is 0.290. The standard InChI is InChI=1S/C29H33Cl2N3O4S/c1-4-27(29(36)32-18-21(2)3)33(19-22-10-8-9-13-26(22)31)28(35)20-34(24-11-6-5-7-12-24)39(37,38)25-16-14-23(30)15-17-25/h5-17,21,27H,4,18-20H2,1-3H3,(H,32,36)/t27-/m0/s1. The van der Waals surface area contributed by atoms with E-state index >= 15 is 0 Å². The van der Waals surface area contributed by atoms with Crippen LogP contribution in [-0.2, 0) is 26.2 Å². The van der Waals surface area contributed by atoms with Gasteiger partial charge in [0.15, 0.2) is 0 Å². The highest BCUT2D eigenvalue weighted by Gasteiger charge is 2.33.